The Morgan fingerprint density at radius 3 is 2.76 bits per heavy atom. The number of nitrogens with zero attached hydrogens (tertiary/aromatic N) is 1. The van der Waals surface area contributed by atoms with E-state index >= 15 is 0 Å². The molecule has 0 aromatic heterocycles. The van der Waals surface area contributed by atoms with Crippen LogP contribution in [0, 0.1) is 17.3 Å². The number of hydrogen-bond donors (Lipinski definition) is 1. The van der Waals surface area contributed by atoms with Crippen LogP contribution in [0.3, 0.4) is 0 Å². The van der Waals surface area contributed by atoms with E-state index in [1.807, 2.05) is 20.8 Å². The molecule has 4 rings (SSSR count). The van der Waals surface area contributed by atoms with Crippen molar-refractivity contribution < 1.29 is 33.8 Å². The van der Waals surface area contributed by atoms with Crippen LogP contribution in [0.2, 0.25) is 0 Å². The molecule has 0 saturated carbocycles. The second kappa shape index (κ2) is 9.74. The summed E-state index contributed by atoms with van der Waals surface area (Å²) in [6.07, 6.45) is 5.17. The molecule has 2 saturated heterocycles. The van der Waals surface area contributed by atoms with E-state index in [9.17, 15) is 24.3 Å². The number of likely N-dealkylation sites (tertiary alicyclic amines) is 1. The van der Waals surface area contributed by atoms with Crippen LogP contribution >= 0.6 is 0 Å². The number of aliphatic hydroxyl groups excluding tert-OH is 1. The molecule has 2 heterocycles. The van der Waals surface area contributed by atoms with Gasteiger partial charge < -0.3 is 19.5 Å². The lowest BCUT2D eigenvalue weighted by molar-refractivity contribution is -0.169. The summed E-state index contributed by atoms with van der Waals surface area (Å²) in [5, 5.41) is 9.46. The van der Waals surface area contributed by atoms with Crippen molar-refractivity contribution in [1.82, 2.24) is 4.90 Å². The first-order valence-corrected chi connectivity index (χ1v) is 12.4. The Hall–Kier alpha value is -2.32. The summed E-state index contributed by atoms with van der Waals surface area (Å²) >= 11 is 0. The minimum absolute atomic E-state index is 0.00298. The Kier molecular flexibility index (Phi) is 7.10. The fourth-order valence-corrected chi connectivity index (χ4v) is 5.93. The van der Waals surface area contributed by atoms with E-state index < -0.39 is 35.7 Å². The maximum Gasteiger partial charge on any atom is 0.329 e. The van der Waals surface area contributed by atoms with Gasteiger partial charge in [-0.15, -0.1) is 0 Å². The lowest BCUT2D eigenvalue weighted by Crippen LogP contribution is -2.48. The highest BCUT2D eigenvalue weighted by Crippen LogP contribution is 2.50. The summed E-state index contributed by atoms with van der Waals surface area (Å²) in [5.41, 5.74) is 1.38. The fraction of sp³-hybridized carbons (Fsp3) is 0.692. The number of carbonyl (C=O) groups excluding carboxylic acids is 4. The van der Waals surface area contributed by atoms with Gasteiger partial charge in [0.25, 0.3) is 0 Å². The largest absolute Gasteiger partial charge is 0.459 e. The molecule has 2 aliphatic heterocycles. The molecule has 8 heteroatoms. The number of amides is 1. The van der Waals surface area contributed by atoms with Crippen molar-refractivity contribution in [2.75, 3.05) is 13.2 Å². The molecule has 186 valence electrons. The Morgan fingerprint density at radius 1 is 1.29 bits per heavy atom. The van der Waals surface area contributed by atoms with Gasteiger partial charge in [-0.1, -0.05) is 24.1 Å². The first kappa shape index (κ1) is 24.8. The van der Waals surface area contributed by atoms with Crippen molar-refractivity contribution in [2.45, 2.75) is 84.2 Å². The highest BCUT2D eigenvalue weighted by atomic mass is 16.6. The number of fused-ring (bicyclic) bond motifs is 1. The van der Waals surface area contributed by atoms with Crippen molar-refractivity contribution >= 4 is 23.4 Å². The SMILES string of the molecule is CCC1=CC(=O)[C@]2(C)C1CC=C(C)C[C@@H]2OC(=O)C1CCCN1C(=O)CC1COC(O)CC1=O. The average Bonchev–Trinajstić information content (AvgIpc) is 3.34. The topological polar surface area (TPSA) is 110 Å². The van der Waals surface area contributed by atoms with E-state index in [0.29, 0.717) is 25.8 Å². The first-order valence-electron chi connectivity index (χ1n) is 12.4. The molecule has 2 aliphatic carbocycles. The van der Waals surface area contributed by atoms with Crippen molar-refractivity contribution in [2.24, 2.45) is 17.3 Å². The number of ether oxygens (including phenoxy) is 2. The number of aliphatic hydroxyl groups is 1. The van der Waals surface area contributed by atoms with Crippen molar-refractivity contribution in [3.8, 4) is 0 Å². The number of hydrogen-bond acceptors (Lipinski definition) is 7. The summed E-state index contributed by atoms with van der Waals surface area (Å²) in [6, 6.07) is -0.720. The van der Waals surface area contributed by atoms with Gasteiger partial charge in [-0.2, -0.15) is 0 Å². The molecular weight excluding hydrogens is 438 g/mol. The van der Waals surface area contributed by atoms with Gasteiger partial charge >= 0.3 is 5.97 Å². The fourth-order valence-electron chi connectivity index (χ4n) is 5.93. The summed E-state index contributed by atoms with van der Waals surface area (Å²) in [4.78, 5) is 53.1. The molecule has 0 aromatic carbocycles. The second-order valence-electron chi connectivity index (χ2n) is 10.3. The van der Waals surface area contributed by atoms with Crippen LogP contribution in [-0.2, 0) is 28.7 Å². The highest BCUT2D eigenvalue weighted by molar-refractivity contribution is 5.99. The minimum Gasteiger partial charge on any atom is -0.459 e. The number of allylic oxidation sites excluding steroid dienone is 3. The van der Waals surface area contributed by atoms with Gasteiger partial charge in [-0.25, -0.2) is 4.79 Å². The normalized spacial score (nSPS) is 36.0. The van der Waals surface area contributed by atoms with Gasteiger partial charge in [0.1, 0.15) is 17.9 Å². The molecule has 0 bridgehead atoms. The van der Waals surface area contributed by atoms with Gasteiger partial charge in [0.05, 0.1) is 24.4 Å². The van der Waals surface area contributed by atoms with E-state index in [1.54, 1.807) is 6.08 Å². The third-order valence-electron chi connectivity index (χ3n) is 8.15. The first-order chi connectivity index (χ1) is 16.1. The third-order valence-corrected chi connectivity index (χ3v) is 8.15. The summed E-state index contributed by atoms with van der Waals surface area (Å²) in [7, 11) is 0. The summed E-state index contributed by atoms with van der Waals surface area (Å²) in [6.45, 7) is 6.36. The Bertz CT molecular complexity index is 937. The molecule has 0 radical (unpaired) electrons. The maximum absolute atomic E-state index is 13.3. The molecule has 4 unspecified atom stereocenters. The van der Waals surface area contributed by atoms with Crippen LogP contribution in [-0.4, -0.2) is 65.0 Å². The van der Waals surface area contributed by atoms with Crippen LogP contribution in [0.4, 0.5) is 0 Å². The summed E-state index contributed by atoms with van der Waals surface area (Å²) in [5.74, 6) is -1.57. The molecule has 2 fully saturated rings. The van der Waals surface area contributed by atoms with Gasteiger partial charge in [0.2, 0.25) is 5.91 Å². The van der Waals surface area contributed by atoms with Gasteiger partial charge in [0.15, 0.2) is 12.1 Å². The van der Waals surface area contributed by atoms with E-state index in [4.69, 9.17) is 9.47 Å². The van der Waals surface area contributed by atoms with Crippen molar-refractivity contribution in [3.05, 3.63) is 23.3 Å². The van der Waals surface area contributed by atoms with Crippen LogP contribution in [0.25, 0.3) is 0 Å². The smallest absolute Gasteiger partial charge is 0.329 e. The van der Waals surface area contributed by atoms with Crippen LogP contribution in [0.15, 0.2) is 23.3 Å². The van der Waals surface area contributed by atoms with E-state index in [1.165, 1.54) is 4.90 Å². The Labute approximate surface area is 200 Å². The number of Topliss-reactive ketones (excluding diaryl/α,β-unsaturated/α-hetero) is 1. The predicted molar refractivity (Wildman–Crippen MR) is 122 cm³/mol. The Balaban J connectivity index is 1.46. The van der Waals surface area contributed by atoms with Crippen LogP contribution in [0.1, 0.15) is 65.7 Å². The van der Waals surface area contributed by atoms with Gasteiger partial charge in [0, 0.05) is 19.4 Å². The highest BCUT2D eigenvalue weighted by Gasteiger charge is 2.54. The zero-order chi connectivity index (χ0) is 24.6. The zero-order valence-electron chi connectivity index (χ0n) is 20.2. The quantitative estimate of drug-likeness (QED) is 0.482. The molecule has 8 nitrogen and oxygen atoms in total. The molecule has 0 aromatic rings. The zero-order valence-corrected chi connectivity index (χ0v) is 20.2. The minimum atomic E-state index is -1.11. The predicted octanol–water partition coefficient (Wildman–Crippen LogP) is 2.49. The molecule has 0 spiro atoms. The second-order valence-corrected chi connectivity index (χ2v) is 10.3. The number of carbonyl (C=O) groups is 4. The van der Waals surface area contributed by atoms with Crippen LogP contribution in [0.5, 0.6) is 0 Å². The maximum atomic E-state index is 13.3. The molecule has 1 N–H and O–H groups in total. The van der Waals surface area contributed by atoms with Crippen LogP contribution < -0.4 is 0 Å². The van der Waals surface area contributed by atoms with E-state index in [2.05, 4.69) is 6.08 Å². The van der Waals surface area contributed by atoms with Crippen molar-refractivity contribution in [1.29, 1.82) is 0 Å². The Morgan fingerprint density at radius 2 is 2.06 bits per heavy atom. The molecular formula is C26H35NO7. The van der Waals surface area contributed by atoms with E-state index in [0.717, 1.165) is 24.0 Å². The van der Waals surface area contributed by atoms with E-state index in [-0.39, 0.29) is 42.8 Å². The molecule has 4 aliphatic rings. The number of rotatable bonds is 5. The number of esters is 1. The van der Waals surface area contributed by atoms with Gasteiger partial charge in [-0.05, 0) is 51.5 Å². The molecule has 1 amide bonds. The van der Waals surface area contributed by atoms with Crippen molar-refractivity contribution in [3.63, 3.8) is 0 Å². The lowest BCUT2D eigenvalue weighted by Gasteiger charge is -2.38. The lowest BCUT2D eigenvalue weighted by atomic mass is 9.70. The van der Waals surface area contributed by atoms with Gasteiger partial charge in [-0.3, -0.25) is 14.4 Å². The standard InChI is InChI=1S/C26H35NO7/c1-4-16-11-21(29)26(3)18(16)8-7-15(2)10-22(26)34-25(32)19-6-5-9-27(19)23(30)12-17-14-33-24(31)13-20(17)28/h7,11,17-19,22,24,31H,4-6,8-10,12-14H2,1-3H3/t17?,18?,19?,22-,24?,26-/m0/s1. The molecule has 34 heavy (non-hydrogen) atoms. The molecule has 6 atom stereocenters. The monoisotopic (exact) mass is 473 g/mol. The average molecular weight is 474 g/mol. The summed E-state index contributed by atoms with van der Waals surface area (Å²) < 4.78 is 11.2. The third kappa shape index (κ3) is 4.50. The number of ketones is 2.